The number of hydrogen-bond donors (Lipinski definition) is 1. The highest BCUT2D eigenvalue weighted by Gasteiger charge is 2.20. The predicted molar refractivity (Wildman–Crippen MR) is 84.2 cm³/mol. The van der Waals surface area contributed by atoms with E-state index in [2.05, 4.69) is 4.98 Å². The molecule has 2 aromatic rings. The molecule has 1 atom stereocenters. The fourth-order valence-electron chi connectivity index (χ4n) is 3.56. The Labute approximate surface area is 129 Å². The van der Waals surface area contributed by atoms with Gasteiger partial charge >= 0.3 is 5.97 Å². The van der Waals surface area contributed by atoms with Crippen LogP contribution in [-0.2, 0) is 22.3 Å². The molecule has 4 heteroatoms. The number of aromatic nitrogens is 1. The van der Waals surface area contributed by atoms with Crippen LogP contribution in [0.5, 0.6) is 0 Å². The van der Waals surface area contributed by atoms with E-state index < -0.39 is 0 Å². The second kappa shape index (κ2) is 5.76. The van der Waals surface area contributed by atoms with Crippen LogP contribution in [0.4, 0.5) is 0 Å². The molecule has 1 N–H and O–H groups in total. The molecule has 116 valence electrons. The van der Waals surface area contributed by atoms with Gasteiger partial charge in [0.1, 0.15) is 6.61 Å². The highest BCUT2D eigenvalue weighted by molar-refractivity contribution is 5.96. The lowest BCUT2D eigenvalue weighted by Gasteiger charge is -2.11. The van der Waals surface area contributed by atoms with E-state index in [0.717, 1.165) is 37.8 Å². The minimum absolute atomic E-state index is 0.0766. The summed E-state index contributed by atoms with van der Waals surface area (Å²) in [5.41, 5.74) is 4.49. The molecular formula is C18H21NO3. The maximum absolute atomic E-state index is 12.2. The van der Waals surface area contributed by atoms with Crippen LogP contribution >= 0.6 is 0 Å². The highest BCUT2D eigenvalue weighted by atomic mass is 16.6. The van der Waals surface area contributed by atoms with Crippen molar-refractivity contribution in [2.75, 3.05) is 13.2 Å². The van der Waals surface area contributed by atoms with Crippen molar-refractivity contribution in [3.63, 3.8) is 0 Å². The molecule has 0 radical (unpaired) electrons. The summed E-state index contributed by atoms with van der Waals surface area (Å²) >= 11 is 0. The summed E-state index contributed by atoms with van der Waals surface area (Å²) in [6, 6.07) is 5.83. The van der Waals surface area contributed by atoms with E-state index in [4.69, 9.17) is 9.47 Å². The van der Waals surface area contributed by atoms with Crippen LogP contribution in [0.2, 0.25) is 0 Å². The summed E-state index contributed by atoms with van der Waals surface area (Å²) in [6.07, 6.45) is 6.81. The van der Waals surface area contributed by atoms with Crippen LogP contribution in [0.1, 0.15) is 47.3 Å². The van der Waals surface area contributed by atoms with E-state index in [1.165, 1.54) is 29.5 Å². The van der Waals surface area contributed by atoms with Gasteiger partial charge in [-0.1, -0.05) is 0 Å². The minimum atomic E-state index is -0.247. The van der Waals surface area contributed by atoms with Crippen molar-refractivity contribution in [1.82, 2.24) is 4.98 Å². The van der Waals surface area contributed by atoms with Crippen molar-refractivity contribution in [3.05, 3.63) is 35.0 Å². The number of carbonyl (C=O) groups is 1. The second-order valence-electron chi connectivity index (χ2n) is 6.28. The lowest BCUT2D eigenvalue weighted by atomic mass is 9.95. The Balaban J connectivity index is 1.54. The first-order valence-electron chi connectivity index (χ1n) is 8.23. The van der Waals surface area contributed by atoms with Gasteiger partial charge in [-0.2, -0.15) is 0 Å². The van der Waals surface area contributed by atoms with E-state index in [-0.39, 0.29) is 12.1 Å². The summed E-state index contributed by atoms with van der Waals surface area (Å²) in [6.45, 7) is 1.14. The van der Waals surface area contributed by atoms with Crippen molar-refractivity contribution < 1.29 is 14.3 Å². The van der Waals surface area contributed by atoms with E-state index in [0.29, 0.717) is 12.2 Å². The Morgan fingerprint density at radius 1 is 1.27 bits per heavy atom. The SMILES string of the molecule is O=C(OCC1CCCO1)c1ccc2[nH]c3c(c2c1)CCCC3. The third-order valence-corrected chi connectivity index (χ3v) is 4.76. The van der Waals surface area contributed by atoms with E-state index in [1.807, 2.05) is 18.2 Å². The molecule has 1 aliphatic carbocycles. The van der Waals surface area contributed by atoms with Gasteiger partial charge in [0.05, 0.1) is 11.7 Å². The molecule has 22 heavy (non-hydrogen) atoms. The number of benzene rings is 1. The second-order valence-corrected chi connectivity index (χ2v) is 6.28. The number of aromatic amines is 1. The van der Waals surface area contributed by atoms with Gasteiger partial charge in [-0.25, -0.2) is 4.79 Å². The monoisotopic (exact) mass is 299 g/mol. The van der Waals surface area contributed by atoms with E-state index in [1.54, 1.807) is 0 Å². The normalized spacial score (nSPS) is 21.0. The maximum Gasteiger partial charge on any atom is 0.338 e. The molecule has 0 bridgehead atoms. The average Bonchev–Trinajstić information content (AvgIpc) is 3.19. The Hall–Kier alpha value is -1.81. The number of rotatable bonds is 3. The Kier molecular flexibility index (Phi) is 3.62. The van der Waals surface area contributed by atoms with Crippen molar-refractivity contribution >= 4 is 16.9 Å². The predicted octanol–water partition coefficient (Wildman–Crippen LogP) is 3.38. The Morgan fingerprint density at radius 3 is 3.05 bits per heavy atom. The molecule has 4 nitrogen and oxygen atoms in total. The summed E-state index contributed by atoms with van der Waals surface area (Å²) in [5.74, 6) is -0.247. The average molecular weight is 299 g/mol. The molecule has 2 aliphatic rings. The highest BCUT2D eigenvalue weighted by Crippen LogP contribution is 2.29. The van der Waals surface area contributed by atoms with Crippen molar-refractivity contribution in [2.45, 2.75) is 44.6 Å². The number of nitrogens with one attached hydrogen (secondary N) is 1. The zero-order valence-corrected chi connectivity index (χ0v) is 12.7. The molecule has 2 heterocycles. The lowest BCUT2D eigenvalue weighted by molar-refractivity contribution is 0.0161. The number of carbonyl (C=O) groups excluding carboxylic acids is 1. The number of fused-ring (bicyclic) bond motifs is 3. The number of ether oxygens (including phenoxy) is 2. The maximum atomic E-state index is 12.2. The molecule has 1 unspecified atom stereocenters. The fourth-order valence-corrected chi connectivity index (χ4v) is 3.56. The standard InChI is InChI=1S/C18H21NO3/c20-18(22-11-13-4-3-9-21-13)12-7-8-17-15(10-12)14-5-1-2-6-16(14)19-17/h7-8,10,13,19H,1-6,9,11H2. The number of H-pyrrole nitrogens is 1. The van der Waals surface area contributed by atoms with Gasteiger partial charge in [-0.3, -0.25) is 0 Å². The van der Waals surface area contributed by atoms with Crippen LogP contribution in [0, 0.1) is 0 Å². The van der Waals surface area contributed by atoms with Gasteiger partial charge in [-0.15, -0.1) is 0 Å². The van der Waals surface area contributed by atoms with Crippen molar-refractivity contribution in [3.8, 4) is 0 Å². The largest absolute Gasteiger partial charge is 0.459 e. The lowest BCUT2D eigenvalue weighted by Crippen LogP contribution is -2.17. The van der Waals surface area contributed by atoms with E-state index in [9.17, 15) is 4.79 Å². The minimum Gasteiger partial charge on any atom is -0.459 e. The molecule has 1 aromatic carbocycles. The molecule has 4 rings (SSSR count). The van der Waals surface area contributed by atoms with Gasteiger partial charge in [0.2, 0.25) is 0 Å². The van der Waals surface area contributed by atoms with Gasteiger partial charge in [0.25, 0.3) is 0 Å². The first-order valence-corrected chi connectivity index (χ1v) is 8.23. The number of esters is 1. The summed E-state index contributed by atoms with van der Waals surface area (Å²) < 4.78 is 10.9. The van der Waals surface area contributed by atoms with Gasteiger partial charge in [0.15, 0.2) is 0 Å². The van der Waals surface area contributed by atoms with Crippen LogP contribution in [0.25, 0.3) is 10.9 Å². The summed E-state index contributed by atoms with van der Waals surface area (Å²) in [4.78, 5) is 15.7. The molecule has 1 aliphatic heterocycles. The fraction of sp³-hybridized carbons (Fsp3) is 0.500. The molecular weight excluding hydrogens is 278 g/mol. The van der Waals surface area contributed by atoms with Crippen LogP contribution < -0.4 is 0 Å². The third kappa shape index (κ3) is 2.52. The quantitative estimate of drug-likeness (QED) is 0.884. The van der Waals surface area contributed by atoms with E-state index >= 15 is 0 Å². The van der Waals surface area contributed by atoms with Gasteiger partial charge < -0.3 is 14.5 Å². The third-order valence-electron chi connectivity index (χ3n) is 4.76. The van der Waals surface area contributed by atoms with Crippen LogP contribution in [0.3, 0.4) is 0 Å². The van der Waals surface area contributed by atoms with Crippen molar-refractivity contribution in [2.24, 2.45) is 0 Å². The van der Waals surface area contributed by atoms with Gasteiger partial charge in [0, 0.05) is 23.2 Å². The smallest absolute Gasteiger partial charge is 0.338 e. The van der Waals surface area contributed by atoms with Gasteiger partial charge in [-0.05, 0) is 62.3 Å². The molecule has 1 aromatic heterocycles. The topological polar surface area (TPSA) is 51.3 Å². The molecule has 1 fully saturated rings. The number of aryl methyl sites for hydroxylation is 2. The first kappa shape index (κ1) is 13.8. The zero-order chi connectivity index (χ0) is 14.9. The zero-order valence-electron chi connectivity index (χ0n) is 12.7. The Bertz CT molecular complexity index is 698. The first-order chi connectivity index (χ1) is 10.8. The molecule has 0 spiro atoms. The summed E-state index contributed by atoms with van der Waals surface area (Å²) in [7, 11) is 0. The Morgan fingerprint density at radius 2 is 2.18 bits per heavy atom. The molecule has 0 amide bonds. The number of hydrogen-bond acceptors (Lipinski definition) is 3. The molecule has 1 saturated heterocycles. The summed E-state index contributed by atoms with van der Waals surface area (Å²) in [5, 5.41) is 1.18. The van der Waals surface area contributed by atoms with Crippen molar-refractivity contribution in [1.29, 1.82) is 0 Å². The van der Waals surface area contributed by atoms with Crippen LogP contribution in [0.15, 0.2) is 18.2 Å². The van der Waals surface area contributed by atoms with Crippen LogP contribution in [-0.4, -0.2) is 30.3 Å². The molecule has 0 saturated carbocycles.